The summed E-state index contributed by atoms with van der Waals surface area (Å²) >= 11 is 0. The highest BCUT2D eigenvalue weighted by atomic mass is 19.1. The Bertz CT molecular complexity index is 999. The monoisotopic (exact) mass is 334 g/mol. The zero-order valence-corrected chi connectivity index (χ0v) is 15.1. The summed E-state index contributed by atoms with van der Waals surface area (Å²) in [6.45, 7) is 6.62. The van der Waals surface area contributed by atoms with Gasteiger partial charge in [0.2, 0.25) is 0 Å². The number of benzene rings is 2. The number of halogens is 1. The Balaban J connectivity index is 1.82. The third-order valence-corrected chi connectivity index (χ3v) is 6.15. The van der Waals surface area contributed by atoms with E-state index in [1.54, 1.807) is 12.1 Å². The molecule has 2 nitrogen and oxygen atoms in total. The lowest BCUT2D eigenvalue weighted by atomic mass is 9.86. The first-order valence-corrected chi connectivity index (χ1v) is 9.08. The predicted molar refractivity (Wildman–Crippen MR) is 99.6 cm³/mol. The van der Waals surface area contributed by atoms with Crippen LogP contribution in [0.1, 0.15) is 34.9 Å². The fourth-order valence-corrected chi connectivity index (χ4v) is 5.03. The van der Waals surface area contributed by atoms with Crippen LogP contribution in [0, 0.1) is 12.7 Å². The van der Waals surface area contributed by atoms with E-state index in [2.05, 4.69) is 42.5 Å². The quantitative estimate of drug-likeness (QED) is 0.640. The average molecular weight is 334 g/mol. The molecule has 128 valence electrons. The average Bonchev–Trinajstić information content (AvgIpc) is 3.05. The Morgan fingerprint density at radius 1 is 1.12 bits per heavy atom. The summed E-state index contributed by atoms with van der Waals surface area (Å²) in [7, 11) is 2.20. The van der Waals surface area contributed by atoms with E-state index in [-0.39, 0.29) is 11.4 Å². The minimum Gasteiger partial charge on any atom is -0.334 e. The van der Waals surface area contributed by atoms with Crippen molar-refractivity contribution < 1.29 is 4.39 Å². The van der Waals surface area contributed by atoms with E-state index in [0.29, 0.717) is 0 Å². The van der Waals surface area contributed by atoms with Crippen LogP contribution in [0.25, 0.3) is 10.9 Å². The molecule has 2 aromatic carbocycles. The second-order valence-corrected chi connectivity index (χ2v) is 8.03. The zero-order valence-electron chi connectivity index (χ0n) is 15.1. The molecule has 1 atom stereocenters. The van der Waals surface area contributed by atoms with Crippen molar-refractivity contribution in [3.8, 4) is 0 Å². The zero-order chi connectivity index (χ0) is 17.3. The van der Waals surface area contributed by atoms with E-state index < -0.39 is 0 Å². The molecule has 0 saturated heterocycles. The van der Waals surface area contributed by atoms with Gasteiger partial charge in [0.05, 0.1) is 11.1 Å². The van der Waals surface area contributed by atoms with Crippen LogP contribution in [-0.2, 0) is 24.9 Å². The second kappa shape index (κ2) is 4.95. The van der Waals surface area contributed by atoms with E-state index in [1.165, 1.54) is 38.9 Å². The molecule has 3 aromatic rings. The van der Waals surface area contributed by atoms with Crippen molar-refractivity contribution in [2.75, 3.05) is 13.6 Å². The van der Waals surface area contributed by atoms with Gasteiger partial charge in [-0.1, -0.05) is 23.8 Å². The lowest BCUT2D eigenvalue weighted by Gasteiger charge is -2.33. The van der Waals surface area contributed by atoms with Crippen LogP contribution in [-0.4, -0.2) is 23.1 Å². The number of hydrogen-bond acceptors (Lipinski definition) is 1. The number of hydrogen-bond donors (Lipinski definition) is 0. The van der Waals surface area contributed by atoms with Gasteiger partial charge in [-0.3, -0.25) is 0 Å². The molecule has 1 aromatic heterocycles. The summed E-state index contributed by atoms with van der Waals surface area (Å²) in [6.07, 6.45) is 2.06. The fraction of sp³-hybridized carbons (Fsp3) is 0.364. The van der Waals surface area contributed by atoms with E-state index >= 15 is 0 Å². The number of nitrogens with zero attached hydrogens (tertiary/aromatic N) is 2. The van der Waals surface area contributed by atoms with Crippen molar-refractivity contribution in [1.82, 2.24) is 9.47 Å². The number of fused-ring (bicyclic) bond motifs is 3. The van der Waals surface area contributed by atoms with Gasteiger partial charge in [0.25, 0.3) is 0 Å². The van der Waals surface area contributed by atoms with Crippen molar-refractivity contribution in [3.63, 3.8) is 0 Å². The minimum atomic E-state index is -0.167. The molecule has 0 saturated carbocycles. The summed E-state index contributed by atoms with van der Waals surface area (Å²) in [5, 5.41) is 1.42. The van der Waals surface area contributed by atoms with Gasteiger partial charge < -0.3 is 9.47 Å². The van der Waals surface area contributed by atoms with Crippen LogP contribution in [0.2, 0.25) is 0 Å². The van der Waals surface area contributed by atoms with E-state index in [1.807, 2.05) is 12.1 Å². The Kier molecular flexibility index (Phi) is 3.00. The van der Waals surface area contributed by atoms with Gasteiger partial charge in [0.1, 0.15) is 5.82 Å². The van der Waals surface area contributed by atoms with E-state index in [0.717, 1.165) is 25.9 Å². The molecule has 3 heteroatoms. The highest BCUT2D eigenvalue weighted by Crippen LogP contribution is 2.46. The van der Waals surface area contributed by atoms with Crippen LogP contribution in [0.5, 0.6) is 0 Å². The minimum absolute atomic E-state index is 0.133. The Morgan fingerprint density at radius 2 is 1.88 bits per heavy atom. The third-order valence-electron chi connectivity index (χ3n) is 6.15. The predicted octanol–water partition coefficient (Wildman–Crippen LogP) is 4.40. The van der Waals surface area contributed by atoms with Gasteiger partial charge in [-0.2, -0.15) is 0 Å². The molecule has 25 heavy (non-hydrogen) atoms. The first-order valence-electron chi connectivity index (χ1n) is 9.08. The van der Waals surface area contributed by atoms with Crippen LogP contribution in [0.3, 0.4) is 0 Å². The number of rotatable bonds is 1. The molecular formula is C22H23FN2. The summed E-state index contributed by atoms with van der Waals surface area (Å²) < 4.78 is 16.1. The lowest BCUT2D eigenvalue weighted by molar-refractivity contribution is 0.300. The maximum atomic E-state index is 13.5. The van der Waals surface area contributed by atoms with E-state index in [4.69, 9.17) is 0 Å². The number of aromatic nitrogens is 1. The van der Waals surface area contributed by atoms with Crippen LogP contribution < -0.4 is 0 Å². The molecule has 1 unspecified atom stereocenters. The van der Waals surface area contributed by atoms with Crippen LogP contribution >= 0.6 is 0 Å². The molecule has 0 aliphatic carbocycles. The van der Waals surface area contributed by atoms with Crippen molar-refractivity contribution in [3.05, 3.63) is 70.2 Å². The van der Waals surface area contributed by atoms with Gasteiger partial charge in [-0.15, -0.1) is 0 Å². The largest absolute Gasteiger partial charge is 0.334 e. The standard InChI is InChI=1S/C22H23FN2/c1-14-10-15-12-22(2,16-4-6-17(23)7-5-16)25-20-8-9-24(3)13-19(20)18(11-14)21(15)25/h4-7,10-11H,8-9,12-13H2,1-3H3. The van der Waals surface area contributed by atoms with Crippen LogP contribution in [0.15, 0.2) is 36.4 Å². The van der Waals surface area contributed by atoms with Gasteiger partial charge in [0.15, 0.2) is 0 Å². The third kappa shape index (κ3) is 1.99. The van der Waals surface area contributed by atoms with Gasteiger partial charge in [-0.25, -0.2) is 4.39 Å². The summed E-state index contributed by atoms with van der Waals surface area (Å²) in [5.41, 5.74) is 8.19. The molecular weight excluding hydrogens is 311 g/mol. The van der Waals surface area contributed by atoms with Crippen molar-refractivity contribution in [1.29, 1.82) is 0 Å². The highest BCUT2D eigenvalue weighted by molar-refractivity contribution is 5.91. The molecule has 2 aliphatic rings. The molecule has 5 rings (SSSR count). The molecule has 3 heterocycles. The molecule has 0 fully saturated rings. The lowest BCUT2D eigenvalue weighted by Crippen LogP contribution is -2.34. The molecule has 2 aliphatic heterocycles. The fourth-order valence-electron chi connectivity index (χ4n) is 5.03. The number of likely N-dealkylation sites (N-methyl/N-ethyl adjacent to an activating group) is 1. The summed E-state index contributed by atoms with van der Waals surface area (Å²) in [4.78, 5) is 2.41. The molecule has 0 amide bonds. The van der Waals surface area contributed by atoms with Crippen molar-refractivity contribution >= 4 is 10.9 Å². The van der Waals surface area contributed by atoms with Crippen molar-refractivity contribution in [2.24, 2.45) is 0 Å². The van der Waals surface area contributed by atoms with E-state index in [9.17, 15) is 4.39 Å². The maximum absolute atomic E-state index is 13.5. The second-order valence-electron chi connectivity index (χ2n) is 8.03. The first-order chi connectivity index (χ1) is 12.0. The van der Waals surface area contributed by atoms with Gasteiger partial charge in [-0.05, 0) is 55.8 Å². The molecule has 0 bridgehead atoms. The molecule has 0 spiro atoms. The van der Waals surface area contributed by atoms with Gasteiger partial charge in [0, 0.05) is 37.0 Å². The maximum Gasteiger partial charge on any atom is 0.123 e. The topological polar surface area (TPSA) is 8.17 Å². The van der Waals surface area contributed by atoms with Crippen molar-refractivity contribution in [2.45, 2.75) is 38.8 Å². The van der Waals surface area contributed by atoms with Gasteiger partial charge >= 0.3 is 0 Å². The normalized spacial score (nSPS) is 22.6. The summed E-state index contributed by atoms with van der Waals surface area (Å²) in [6, 6.07) is 11.8. The summed E-state index contributed by atoms with van der Waals surface area (Å²) in [5.74, 6) is -0.167. The van der Waals surface area contributed by atoms with Crippen LogP contribution in [0.4, 0.5) is 4.39 Å². The molecule has 0 radical (unpaired) electrons. The Labute approximate surface area is 147 Å². The Morgan fingerprint density at radius 3 is 2.64 bits per heavy atom. The smallest absolute Gasteiger partial charge is 0.123 e. The SMILES string of the molecule is Cc1cc2c3c(c1)c1c(n3C(C)(c3ccc(F)cc3)C2)CCN(C)C1. The first kappa shape index (κ1) is 15.2. The molecule has 0 N–H and O–H groups in total. The Hall–Kier alpha value is -2.13. The highest BCUT2D eigenvalue weighted by Gasteiger charge is 2.41. The number of aryl methyl sites for hydroxylation is 1.